The highest BCUT2D eigenvalue weighted by atomic mass is 35.5. The Bertz CT molecular complexity index is 1030. The van der Waals surface area contributed by atoms with Crippen LogP contribution >= 0.6 is 23.2 Å². The van der Waals surface area contributed by atoms with E-state index in [1.54, 1.807) is 6.92 Å². The number of nitrogens with zero attached hydrogens (tertiary/aromatic N) is 1. The molecule has 2 aromatic rings. The lowest BCUT2D eigenvalue weighted by molar-refractivity contribution is -0.119. The van der Waals surface area contributed by atoms with E-state index >= 15 is 0 Å². The summed E-state index contributed by atoms with van der Waals surface area (Å²) in [5.41, 5.74) is 0.819. The number of carbonyl (C=O) groups excluding carboxylic acids is 4. The van der Waals surface area contributed by atoms with Crippen molar-refractivity contribution >= 4 is 52.6 Å². The SMILES string of the molecule is CCC(C)N1C(=O)c2ccc(C(=O)OCC(=O)Nc3cc(Cl)cc(Cl)c3)cc2C1=O. The van der Waals surface area contributed by atoms with Crippen LogP contribution in [0.2, 0.25) is 10.0 Å². The predicted molar refractivity (Wildman–Crippen MR) is 112 cm³/mol. The number of esters is 1. The zero-order valence-electron chi connectivity index (χ0n) is 16.2. The monoisotopic (exact) mass is 448 g/mol. The maximum absolute atomic E-state index is 12.6. The molecule has 0 saturated heterocycles. The van der Waals surface area contributed by atoms with Crippen LogP contribution in [0.3, 0.4) is 0 Å². The van der Waals surface area contributed by atoms with E-state index in [1.807, 2.05) is 6.92 Å². The average Bonchev–Trinajstić information content (AvgIpc) is 2.94. The topological polar surface area (TPSA) is 92.8 Å². The summed E-state index contributed by atoms with van der Waals surface area (Å²) in [6.45, 7) is 3.11. The fourth-order valence-electron chi connectivity index (χ4n) is 3.01. The highest BCUT2D eigenvalue weighted by Gasteiger charge is 2.38. The van der Waals surface area contributed by atoms with E-state index in [4.69, 9.17) is 27.9 Å². The number of amides is 3. The number of halogens is 2. The first kappa shape index (κ1) is 21.8. The Balaban J connectivity index is 1.66. The molecule has 7 nitrogen and oxygen atoms in total. The molecule has 0 bridgehead atoms. The second kappa shape index (κ2) is 8.85. The molecule has 0 saturated carbocycles. The first-order chi connectivity index (χ1) is 14.2. The van der Waals surface area contributed by atoms with Crippen molar-refractivity contribution in [1.82, 2.24) is 4.90 Å². The second-order valence-corrected chi connectivity index (χ2v) is 7.65. The van der Waals surface area contributed by atoms with Crippen molar-refractivity contribution in [2.24, 2.45) is 0 Å². The lowest BCUT2D eigenvalue weighted by Gasteiger charge is -2.20. The summed E-state index contributed by atoms with van der Waals surface area (Å²) in [6.07, 6.45) is 0.618. The normalized spacial score (nSPS) is 13.8. The minimum absolute atomic E-state index is 0.0690. The molecule has 1 N–H and O–H groups in total. The molecule has 30 heavy (non-hydrogen) atoms. The zero-order valence-corrected chi connectivity index (χ0v) is 17.7. The summed E-state index contributed by atoms with van der Waals surface area (Å²) in [7, 11) is 0. The van der Waals surface area contributed by atoms with Crippen LogP contribution in [-0.2, 0) is 9.53 Å². The molecular weight excluding hydrogens is 431 g/mol. The van der Waals surface area contributed by atoms with Crippen molar-refractivity contribution in [3.05, 3.63) is 63.1 Å². The fourth-order valence-corrected chi connectivity index (χ4v) is 3.53. The van der Waals surface area contributed by atoms with Gasteiger partial charge < -0.3 is 10.1 Å². The molecule has 0 fully saturated rings. The molecule has 1 unspecified atom stereocenters. The third-order valence-corrected chi connectivity index (χ3v) is 5.10. The second-order valence-electron chi connectivity index (χ2n) is 6.78. The first-order valence-corrected chi connectivity index (χ1v) is 9.91. The van der Waals surface area contributed by atoms with Crippen LogP contribution in [-0.4, -0.2) is 41.2 Å². The lowest BCUT2D eigenvalue weighted by atomic mass is 10.1. The number of anilines is 1. The summed E-state index contributed by atoms with van der Waals surface area (Å²) in [4.78, 5) is 50.5. The summed E-state index contributed by atoms with van der Waals surface area (Å²) in [6, 6.07) is 8.38. The number of imide groups is 1. The smallest absolute Gasteiger partial charge is 0.338 e. The Morgan fingerprint density at radius 3 is 2.30 bits per heavy atom. The summed E-state index contributed by atoms with van der Waals surface area (Å²) >= 11 is 11.7. The van der Waals surface area contributed by atoms with E-state index in [1.165, 1.54) is 41.3 Å². The minimum Gasteiger partial charge on any atom is -0.452 e. The summed E-state index contributed by atoms with van der Waals surface area (Å²) in [5, 5.41) is 3.21. The molecule has 1 aliphatic heterocycles. The van der Waals surface area contributed by atoms with Crippen LogP contribution in [0, 0.1) is 0 Å². The van der Waals surface area contributed by atoms with Gasteiger partial charge in [0.15, 0.2) is 6.61 Å². The molecule has 0 radical (unpaired) electrons. The van der Waals surface area contributed by atoms with Crippen molar-refractivity contribution in [3.63, 3.8) is 0 Å². The maximum atomic E-state index is 12.6. The standard InChI is InChI=1S/C21H18Cl2N2O5/c1-3-11(2)25-19(27)16-5-4-12(6-17(16)20(25)28)21(29)30-10-18(26)24-15-8-13(22)7-14(23)9-15/h4-9,11H,3,10H2,1-2H3,(H,24,26). The number of nitrogens with one attached hydrogen (secondary N) is 1. The Kier molecular flexibility index (Phi) is 6.43. The van der Waals surface area contributed by atoms with Gasteiger partial charge in [0.2, 0.25) is 0 Å². The number of hydrogen-bond donors (Lipinski definition) is 1. The minimum atomic E-state index is -0.792. The molecule has 156 valence electrons. The van der Waals surface area contributed by atoms with E-state index < -0.39 is 24.4 Å². The van der Waals surface area contributed by atoms with Gasteiger partial charge in [-0.15, -0.1) is 0 Å². The number of rotatable bonds is 6. The van der Waals surface area contributed by atoms with E-state index in [-0.39, 0.29) is 28.6 Å². The largest absolute Gasteiger partial charge is 0.452 e. The Labute approximate surface area is 182 Å². The number of fused-ring (bicyclic) bond motifs is 1. The van der Waals surface area contributed by atoms with Crippen LogP contribution in [0.4, 0.5) is 5.69 Å². The highest BCUT2D eigenvalue weighted by molar-refractivity contribution is 6.35. The number of ether oxygens (including phenoxy) is 1. The molecule has 9 heteroatoms. The zero-order chi connectivity index (χ0) is 22.0. The molecule has 1 atom stereocenters. The molecule has 0 aliphatic carbocycles. The van der Waals surface area contributed by atoms with Gasteiger partial charge >= 0.3 is 5.97 Å². The van der Waals surface area contributed by atoms with Crippen LogP contribution in [0.25, 0.3) is 0 Å². The van der Waals surface area contributed by atoms with E-state index in [0.29, 0.717) is 22.2 Å². The Morgan fingerprint density at radius 2 is 1.67 bits per heavy atom. The number of benzene rings is 2. The molecule has 1 heterocycles. The molecule has 1 aliphatic rings. The molecule has 2 aromatic carbocycles. The van der Waals surface area contributed by atoms with Gasteiger partial charge in [0.05, 0.1) is 16.7 Å². The van der Waals surface area contributed by atoms with Gasteiger partial charge in [-0.2, -0.15) is 0 Å². The van der Waals surface area contributed by atoms with Crippen molar-refractivity contribution in [1.29, 1.82) is 0 Å². The number of hydrogen-bond acceptors (Lipinski definition) is 5. The third-order valence-electron chi connectivity index (χ3n) is 4.67. The quantitative estimate of drug-likeness (QED) is 0.528. The van der Waals surface area contributed by atoms with E-state index in [9.17, 15) is 19.2 Å². The maximum Gasteiger partial charge on any atom is 0.338 e. The van der Waals surface area contributed by atoms with Crippen molar-refractivity contribution in [2.45, 2.75) is 26.3 Å². The highest BCUT2D eigenvalue weighted by Crippen LogP contribution is 2.27. The molecule has 0 aromatic heterocycles. The van der Waals surface area contributed by atoms with Crippen molar-refractivity contribution < 1.29 is 23.9 Å². The van der Waals surface area contributed by atoms with Crippen LogP contribution in [0.15, 0.2) is 36.4 Å². The Morgan fingerprint density at radius 1 is 1.03 bits per heavy atom. The Hall–Kier alpha value is -2.90. The molecular formula is C21H18Cl2N2O5. The van der Waals surface area contributed by atoms with Crippen LogP contribution in [0.5, 0.6) is 0 Å². The first-order valence-electron chi connectivity index (χ1n) is 9.16. The van der Waals surface area contributed by atoms with Crippen LogP contribution in [0.1, 0.15) is 51.3 Å². The van der Waals surface area contributed by atoms with Gasteiger partial charge in [0, 0.05) is 21.8 Å². The molecule has 3 rings (SSSR count). The fraction of sp³-hybridized carbons (Fsp3) is 0.238. The van der Waals surface area contributed by atoms with Crippen molar-refractivity contribution in [2.75, 3.05) is 11.9 Å². The number of carbonyl (C=O) groups is 4. The summed E-state index contributed by atoms with van der Waals surface area (Å²) < 4.78 is 5.01. The average molecular weight is 449 g/mol. The van der Waals surface area contributed by atoms with Gasteiger partial charge in [-0.25, -0.2) is 4.79 Å². The van der Waals surface area contributed by atoms with Gasteiger partial charge in [0.25, 0.3) is 17.7 Å². The molecule has 0 spiro atoms. The summed E-state index contributed by atoms with van der Waals surface area (Å²) in [5.74, 6) is -2.21. The van der Waals surface area contributed by atoms with Gasteiger partial charge in [-0.05, 0) is 49.7 Å². The van der Waals surface area contributed by atoms with Crippen molar-refractivity contribution in [3.8, 4) is 0 Å². The molecule has 3 amide bonds. The van der Waals surface area contributed by atoms with Gasteiger partial charge in [0.1, 0.15) is 0 Å². The van der Waals surface area contributed by atoms with Gasteiger partial charge in [-0.1, -0.05) is 30.1 Å². The van der Waals surface area contributed by atoms with Crippen LogP contribution < -0.4 is 5.32 Å². The van der Waals surface area contributed by atoms with E-state index in [0.717, 1.165) is 0 Å². The van der Waals surface area contributed by atoms with E-state index in [2.05, 4.69) is 5.32 Å². The van der Waals surface area contributed by atoms with Gasteiger partial charge in [-0.3, -0.25) is 19.3 Å². The lowest BCUT2D eigenvalue weighted by Crippen LogP contribution is -2.37. The predicted octanol–water partition coefficient (Wildman–Crippen LogP) is 4.18. The third kappa shape index (κ3) is 4.47.